The lowest BCUT2D eigenvalue weighted by molar-refractivity contribution is -0.121. The summed E-state index contributed by atoms with van der Waals surface area (Å²) in [7, 11) is 0. The monoisotopic (exact) mass is 261 g/mol. The van der Waals surface area contributed by atoms with Crippen LogP contribution in [0, 0.1) is 5.92 Å². The molecular formula is C14H15NO4. The van der Waals surface area contributed by atoms with Crippen molar-refractivity contribution in [2.75, 3.05) is 24.7 Å². The fourth-order valence-electron chi connectivity index (χ4n) is 2.59. The van der Waals surface area contributed by atoms with Crippen molar-refractivity contribution >= 4 is 17.4 Å². The van der Waals surface area contributed by atoms with Crippen molar-refractivity contribution in [1.82, 2.24) is 0 Å². The molecule has 2 aliphatic heterocycles. The molecule has 0 bridgehead atoms. The lowest BCUT2D eigenvalue weighted by Gasteiger charge is -2.21. The van der Waals surface area contributed by atoms with Gasteiger partial charge in [0.25, 0.3) is 0 Å². The molecule has 0 radical (unpaired) electrons. The van der Waals surface area contributed by atoms with Gasteiger partial charge < -0.3 is 14.7 Å². The predicted molar refractivity (Wildman–Crippen MR) is 68.2 cm³/mol. The van der Waals surface area contributed by atoms with Crippen molar-refractivity contribution in [3.05, 3.63) is 23.8 Å². The topological polar surface area (TPSA) is 66.8 Å². The van der Waals surface area contributed by atoms with Crippen LogP contribution in [0.25, 0.3) is 0 Å². The van der Waals surface area contributed by atoms with Crippen molar-refractivity contribution in [2.45, 2.75) is 12.8 Å². The van der Waals surface area contributed by atoms with E-state index in [9.17, 15) is 9.59 Å². The number of benzene rings is 1. The molecule has 0 unspecified atom stereocenters. The molecular weight excluding hydrogens is 246 g/mol. The Morgan fingerprint density at radius 2 is 2.21 bits per heavy atom. The van der Waals surface area contributed by atoms with E-state index in [1.807, 2.05) is 12.1 Å². The van der Waals surface area contributed by atoms with Crippen molar-refractivity contribution < 1.29 is 19.4 Å². The average Bonchev–Trinajstić information content (AvgIpc) is 2.79. The van der Waals surface area contributed by atoms with Crippen LogP contribution in [0.15, 0.2) is 18.2 Å². The minimum atomic E-state index is 0.00131. The van der Waals surface area contributed by atoms with Gasteiger partial charge in [-0.15, -0.1) is 0 Å². The maximum Gasteiger partial charge on any atom is 0.227 e. The Morgan fingerprint density at radius 3 is 2.95 bits per heavy atom. The van der Waals surface area contributed by atoms with Crippen LogP contribution in [0.5, 0.6) is 5.75 Å². The zero-order valence-electron chi connectivity index (χ0n) is 10.5. The number of aliphatic hydroxyl groups is 1. The quantitative estimate of drug-likeness (QED) is 0.843. The number of Topliss-reactive ketones (excluding diaryl/α,β-unsaturated/α-hetero) is 1. The number of amides is 1. The number of ketones is 1. The molecule has 2 aliphatic rings. The molecule has 0 aliphatic carbocycles. The third kappa shape index (κ3) is 2.21. The van der Waals surface area contributed by atoms with E-state index >= 15 is 0 Å². The van der Waals surface area contributed by atoms with E-state index < -0.39 is 0 Å². The Morgan fingerprint density at radius 1 is 1.37 bits per heavy atom. The Labute approximate surface area is 110 Å². The second kappa shape index (κ2) is 4.66. The molecule has 100 valence electrons. The highest BCUT2D eigenvalue weighted by molar-refractivity contribution is 5.96. The molecule has 1 aromatic rings. The fraction of sp³-hybridized carbons (Fsp3) is 0.429. The van der Waals surface area contributed by atoms with Crippen molar-refractivity contribution in [3.8, 4) is 5.75 Å². The summed E-state index contributed by atoms with van der Waals surface area (Å²) in [5, 5.41) is 9.13. The van der Waals surface area contributed by atoms with E-state index in [0.29, 0.717) is 25.1 Å². The second-order valence-electron chi connectivity index (χ2n) is 5.05. The fourth-order valence-corrected chi connectivity index (χ4v) is 2.59. The third-order valence-electron chi connectivity index (χ3n) is 3.60. The first-order chi connectivity index (χ1) is 9.17. The zero-order valence-corrected chi connectivity index (χ0v) is 10.5. The molecule has 0 spiro atoms. The number of carbonyl (C=O) groups excluding carboxylic acids is 2. The van der Waals surface area contributed by atoms with E-state index in [0.717, 1.165) is 11.3 Å². The maximum atomic E-state index is 11.9. The van der Waals surface area contributed by atoms with Gasteiger partial charge in [-0.25, -0.2) is 0 Å². The first-order valence-corrected chi connectivity index (χ1v) is 6.36. The standard InChI is InChI=1S/C14H15NO4/c16-7-9-3-14(18)15(6-9)11-1-2-13-10(4-11)5-12(17)8-19-13/h1-2,4,9,16H,3,5-8H2/t9-/m0/s1. The lowest BCUT2D eigenvalue weighted by atomic mass is 10.0. The van der Waals surface area contributed by atoms with Crippen LogP contribution in [0.3, 0.4) is 0 Å². The van der Waals surface area contributed by atoms with Gasteiger partial charge in [-0.05, 0) is 18.2 Å². The summed E-state index contributed by atoms with van der Waals surface area (Å²) in [5.41, 5.74) is 1.60. The van der Waals surface area contributed by atoms with Gasteiger partial charge in [-0.1, -0.05) is 0 Å². The SMILES string of the molecule is O=C1COc2ccc(N3C[C@@H](CO)CC3=O)cc2C1. The van der Waals surface area contributed by atoms with E-state index in [2.05, 4.69) is 0 Å². The summed E-state index contributed by atoms with van der Waals surface area (Å²) in [5.74, 6) is 0.780. The summed E-state index contributed by atoms with van der Waals surface area (Å²) in [6.07, 6.45) is 0.734. The highest BCUT2D eigenvalue weighted by Gasteiger charge is 2.30. The zero-order chi connectivity index (χ0) is 13.4. The van der Waals surface area contributed by atoms with E-state index in [1.54, 1.807) is 11.0 Å². The molecule has 5 heteroatoms. The number of carbonyl (C=O) groups is 2. The Kier molecular flexibility index (Phi) is 2.98. The molecule has 1 fully saturated rings. The summed E-state index contributed by atoms with van der Waals surface area (Å²) < 4.78 is 5.33. The van der Waals surface area contributed by atoms with E-state index in [1.165, 1.54) is 0 Å². The van der Waals surface area contributed by atoms with Crippen LogP contribution >= 0.6 is 0 Å². The Hall–Kier alpha value is -1.88. The Bertz CT molecular complexity index is 540. The van der Waals surface area contributed by atoms with Gasteiger partial charge in [0, 0.05) is 43.2 Å². The molecule has 0 aromatic heterocycles. The maximum absolute atomic E-state index is 11.9. The molecule has 1 atom stereocenters. The van der Waals surface area contributed by atoms with Gasteiger partial charge in [0.2, 0.25) is 5.91 Å². The normalized spacial score (nSPS) is 22.4. The van der Waals surface area contributed by atoms with Crippen molar-refractivity contribution in [1.29, 1.82) is 0 Å². The number of anilines is 1. The number of fused-ring (bicyclic) bond motifs is 1. The summed E-state index contributed by atoms with van der Waals surface area (Å²) in [6, 6.07) is 5.47. The number of rotatable bonds is 2. The van der Waals surface area contributed by atoms with E-state index in [4.69, 9.17) is 9.84 Å². The van der Waals surface area contributed by atoms with Crippen LogP contribution < -0.4 is 9.64 Å². The minimum absolute atomic E-state index is 0.00131. The number of hydrogen-bond acceptors (Lipinski definition) is 4. The van der Waals surface area contributed by atoms with Crippen molar-refractivity contribution in [3.63, 3.8) is 0 Å². The van der Waals surface area contributed by atoms with E-state index in [-0.39, 0.29) is 30.8 Å². The van der Waals surface area contributed by atoms with Gasteiger partial charge >= 0.3 is 0 Å². The highest BCUT2D eigenvalue weighted by Crippen LogP contribution is 2.31. The Balaban J connectivity index is 1.88. The van der Waals surface area contributed by atoms with Gasteiger partial charge in [0.1, 0.15) is 12.4 Å². The highest BCUT2D eigenvalue weighted by atomic mass is 16.5. The molecule has 3 rings (SSSR count). The molecule has 1 aromatic carbocycles. The van der Waals surface area contributed by atoms with Gasteiger partial charge in [-0.2, -0.15) is 0 Å². The number of hydrogen-bond donors (Lipinski definition) is 1. The van der Waals surface area contributed by atoms with Gasteiger partial charge in [0.05, 0.1) is 0 Å². The van der Waals surface area contributed by atoms with Crippen LogP contribution in [0.2, 0.25) is 0 Å². The van der Waals surface area contributed by atoms with Gasteiger partial charge in [-0.3, -0.25) is 9.59 Å². The summed E-state index contributed by atoms with van der Waals surface area (Å²) in [4.78, 5) is 24.9. The molecule has 5 nitrogen and oxygen atoms in total. The summed E-state index contributed by atoms with van der Waals surface area (Å²) in [6.45, 7) is 0.680. The van der Waals surface area contributed by atoms with Gasteiger partial charge in [0.15, 0.2) is 5.78 Å². The van der Waals surface area contributed by atoms with Crippen LogP contribution in [0.1, 0.15) is 12.0 Å². The lowest BCUT2D eigenvalue weighted by Crippen LogP contribution is -2.26. The average molecular weight is 261 g/mol. The second-order valence-corrected chi connectivity index (χ2v) is 5.05. The predicted octanol–water partition coefficient (Wildman–Crippen LogP) is 0.536. The molecule has 0 saturated carbocycles. The smallest absolute Gasteiger partial charge is 0.227 e. The number of ether oxygens (including phenoxy) is 1. The number of aliphatic hydroxyl groups excluding tert-OH is 1. The third-order valence-corrected chi connectivity index (χ3v) is 3.60. The molecule has 1 saturated heterocycles. The summed E-state index contributed by atoms with van der Waals surface area (Å²) >= 11 is 0. The minimum Gasteiger partial charge on any atom is -0.486 e. The largest absolute Gasteiger partial charge is 0.486 e. The number of nitrogens with zero attached hydrogens (tertiary/aromatic N) is 1. The molecule has 2 heterocycles. The van der Waals surface area contributed by atoms with Crippen molar-refractivity contribution in [2.24, 2.45) is 5.92 Å². The first-order valence-electron chi connectivity index (χ1n) is 6.36. The first kappa shape index (κ1) is 12.2. The van der Waals surface area contributed by atoms with Crippen LogP contribution in [-0.4, -0.2) is 36.6 Å². The molecule has 1 N–H and O–H groups in total. The van der Waals surface area contributed by atoms with Crippen LogP contribution in [-0.2, 0) is 16.0 Å². The van der Waals surface area contributed by atoms with Crippen LogP contribution in [0.4, 0.5) is 5.69 Å². The molecule has 1 amide bonds. The molecule has 19 heavy (non-hydrogen) atoms.